The average molecular weight is 817 g/mol. The van der Waals surface area contributed by atoms with Crippen molar-refractivity contribution in [3.8, 4) is 0 Å². The lowest BCUT2D eigenvalue weighted by Crippen LogP contribution is -2.05. The molecule has 4 aromatic carbocycles. The van der Waals surface area contributed by atoms with E-state index < -0.39 is 0 Å². The van der Waals surface area contributed by atoms with E-state index in [1.54, 1.807) is 6.92 Å². The maximum atomic E-state index is 12.8. The van der Waals surface area contributed by atoms with Crippen molar-refractivity contribution >= 4 is 50.2 Å². The van der Waals surface area contributed by atoms with Gasteiger partial charge in [0, 0.05) is 23.6 Å². The van der Waals surface area contributed by atoms with E-state index >= 15 is 0 Å². The molecule has 0 fully saturated rings. The van der Waals surface area contributed by atoms with Gasteiger partial charge in [-0.1, -0.05) is 165 Å². The van der Waals surface area contributed by atoms with Gasteiger partial charge in [0.2, 0.25) is 5.91 Å². The fraction of sp³-hybridized carbons (Fsp3) is 0.377. The molecule has 7 nitrogen and oxygen atoms in total. The van der Waals surface area contributed by atoms with Gasteiger partial charge in [-0.05, 0) is 109 Å². The average Bonchev–Trinajstić information content (AvgIpc) is 3.62. The number of nitrogens with two attached hydrogens (primary N) is 3. The zero-order valence-corrected chi connectivity index (χ0v) is 38.9. The Kier molecular flexibility index (Phi) is 27.7. The quantitative estimate of drug-likeness (QED) is 0.0441. The van der Waals surface area contributed by atoms with Crippen LogP contribution in [0.25, 0.3) is 27.1 Å². The van der Waals surface area contributed by atoms with Crippen LogP contribution < -0.4 is 17.2 Å². The highest BCUT2D eigenvalue weighted by molar-refractivity contribution is 6.15. The number of Topliss-reactive ketones (excluding diaryl/α,β-unsaturated/α-hetero) is 1. The van der Waals surface area contributed by atoms with Crippen LogP contribution in [0.3, 0.4) is 0 Å². The van der Waals surface area contributed by atoms with E-state index in [0.29, 0.717) is 17.7 Å². The second-order valence-electron chi connectivity index (χ2n) is 14.3. The highest BCUT2D eigenvalue weighted by atomic mass is 16.3. The first-order valence-electron chi connectivity index (χ1n) is 21.6. The Bertz CT molecular complexity index is 2100. The second kappa shape index (κ2) is 30.5. The van der Waals surface area contributed by atoms with Crippen LogP contribution in [0.5, 0.6) is 0 Å². The molecule has 0 bridgehead atoms. The fourth-order valence-corrected chi connectivity index (χ4v) is 6.74. The molecule has 0 aromatic heterocycles. The molecule has 0 saturated heterocycles. The van der Waals surface area contributed by atoms with Crippen molar-refractivity contribution in [3.63, 3.8) is 0 Å². The Hall–Kier alpha value is -5.53. The van der Waals surface area contributed by atoms with Gasteiger partial charge < -0.3 is 27.7 Å². The van der Waals surface area contributed by atoms with E-state index in [0.717, 1.165) is 72.6 Å². The number of unbranched alkanes of at least 4 members (excludes halogenated alkanes) is 4. The minimum atomic E-state index is -0.333. The summed E-state index contributed by atoms with van der Waals surface area (Å²) in [6.07, 6.45) is 17.4. The number of ketones is 1. The summed E-state index contributed by atoms with van der Waals surface area (Å²) in [5.74, 6) is -0.524. The smallest absolute Gasteiger partial charge is 0.214 e. The van der Waals surface area contributed by atoms with Crippen LogP contribution in [-0.4, -0.2) is 29.6 Å². The lowest BCUT2D eigenvalue weighted by Gasteiger charge is -2.12. The predicted molar refractivity (Wildman–Crippen MR) is 264 cm³/mol. The molecule has 0 atom stereocenters. The molecule has 326 valence electrons. The lowest BCUT2D eigenvalue weighted by molar-refractivity contribution is -0.116. The van der Waals surface area contributed by atoms with Gasteiger partial charge in [0.05, 0.1) is 11.3 Å². The monoisotopic (exact) mass is 817 g/mol. The third-order valence-corrected chi connectivity index (χ3v) is 9.43. The van der Waals surface area contributed by atoms with E-state index in [1.807, 2.05) is 62.4 Å². The molecule has 5 rings (SSSR count). The van der Waals surface area contributed by atoms with Crippen LogP contribution in [0.15, 0.2) is 125 Å². The first-order chi connectivity index (χ1) is 28.7. The number of carbonyl (C=O) groups excluding carboxylic acids is 2. The molecule has 0 spiro atoms. The van der Waals surface area contributed by atoms with Gasteiger partial charge in [-0.2, -0.15) is 0 Å². The van der Waals surface area contributed by atoms with Crippen molar-refractivity contribution in [1.82, 2.24) is 0 Å². The molecular formula is C53H76N4O3. The van der Waals surface area contributed by atoms with Crippen LogP contribution in [0.4, 0.5) is 5.69 Å². The number of anilines is 1. The highest BCUT2D eigenvalue weighted by Crippen LogP contribution is 2.39. The lowest BCUT2D eigenvalue weighted by atomic mass is 9.92. The SMILES string of the molecule is CC.CC(=O)C(=C(C)O)C1=C(C=CC(=N)c2cccc3cccc(C)c23)CC/C1=C\C=C(\C)c1cccc2cccc(N)c12.CC(N)=O.CCCCC.CCCCC.CN. The van der Waals surface area contributed by atoms with Gasteiger partial charge in [-0.3, -0.25) is 9.59 Å². The summed E-state index contributed by atoms with van der Waals surface area (Å²) in [5.41, 5.74) is 23.6. The van der Waals surface area contributed by atoms with E-state index in [2.05, 4.69) is 102 Å². The van der Waals surface area contributed by atoms with Gasteiger partial charge in [-0.15, -0.1) is 0 Å². The molecule has 1 amide bonds. The number of aliphatic hydroxyl groups is 1. The summed E-state index contributed by atoms with van der Waals surface area (Å²) in [7, 11) is 1.50. The molecular weight excluding hydrogens is 741 g/mol. The molecule has 1 aliphatic carbocycles. The zero-order valence-electron chi connectivity index (χ0n) is 38.9. The number of hydrogen-bond donors (Lipinski definition) is 5. The summed E-state index contributed by atoms with van der Waals surface area (Å²) in [6, 6.07) is 24.3. The Morgan fingerprint density at radius 1 is 0.733 bits per heavy atom. The number of hydrogen-bond acceptors (Lipinski definition) is 6. The van der Waals surface area contributed by atoms with Crippen LogP contribution in [0, 0.1) is 12.3 Å². The first-order valence-corrected chi connectivity index (χ1v) is 21.6. The topological polar surface area (TPSA) is 156 Å². The molecule has 1 aliphatic rings. The molecule has 60 heavy (non-hydrogen) atoms. The Labute approximate surface area is 362 Å². The Balaban J connectivity index is 0.00000165. The van der Waals surface area contributed by atoms with Crippen molar-refractivity contribution < 1.29 is 14.7 Å². The summed E-state index contributed by atoms with van der Waals surface area (Å²) in [4.78, 5) is 22.0. The Morgan fingerprint density at radius 3 is 1.67 bits per heavy atom. The number of nitrogens with one attached hydrogen (secondary N) is 1. The predicted octanol–water partition coefficient (Wildman–Crippen LogP) is 13.8. The number of benzene rings is 4. The van der Waals surface area contributed by atoms with Crippen molar-refractivity contribution in [2.75, 3.05) is 12.8 Å². The molecule has 0 aliphatic heterocycles. The normalized spacial score (nSPS) is 13.0. The first kappa shape index (κ1) is 54.5. The van der Waals surface area contributed by atoms with Crippen molar-refractivity contribution in [3.05, 3.63) is 142 Å². The standard InChI is InChI=1S/C38H36N2O2.2C5H12.C2H5NO.C2H6.CH5N/c1-23(31-14-6-12-28-13-8-16-34(40)38(28)31)17-18-29-19-20-30(37(29)36(25(3)41)26(4)42)21-22-33(39)32-15-7-11-27-10-5-9-24(2)35(27)32;2*1-3-5-4-2;1-2(3)4;2*1-2/h5-18,21-22,39,41H,19-20,40H2,1-4H3;2*3-5H2,1-2H3;1H3,(H2,3,4);1-2H3;2H2,1H3/b22-21?,23-17-,29-18+,36-25?,39-33?;;;;;. The summed E-state index contributed by atoms with van der Waals surface area (Å²) >= 11 is 0. The van der Waals surface area contributed by atoms with Gasteiger partial charge in [0.1, 0.15) is 5.76 Å². The molecule has 0 heterocycles. The summed E-state index contributed by atoms with van der Waals surface area (Å²) in [5, 5.41) is 23.8. The number of amides is 1. The third-order valence-electron chi connectivity index (χ3n) is 9.43. The third kappa shape index (κ3) is 17.4. The minimum absolute atomic E-state index is 0.00140. The minimum Gasteiger partial charge on any atom is -0.512 e. The molecule has 0 radical (unpaired) electrons. The second-order valence-corrected chi connectivity index (χ2v) is 14.3. The van der Waals surface area contributed by atoms with Crippen LogP contribution in [-0.2, 0) is 9.59 Å². The maximum absolute atomic E-state index is 12.8. The largest absolute Gasteiger partial charge is 0.512 e. The zero-order chi connectivity index (χ0) is 45.8. The van der Waals surface area contributed by atoms with Gasteiger partial charge in [-0.25, -0.2) is 0 Å². The molecule has 8 N–H and O–H groups in total. The Morgan fingerprint density at radius 2 is 1.20 bits per heavy atom. The van der Waals surface area contributed by atoms with E-state index in [1.165, 1.54) is 59.4 Å². The number of aliphatic hydroxyl groups excluding tert-OH is 1. The molecule has 4 aromatic rings. The number of allylic oxidation sites excluding steroid dienone is 10. The van der Waals surface area contributed by atoms with E-state index in [9.17, 15) is 14.7 Å². The molecule has 0 unspecified atom stereocenters. The van der Waals surface area contributed by atoms with Gasteiger partial charge >= 0.3 is 0 Å². The van der Waals surface area contributed by atoms with Crippen LogP contribution in [0.2, 0.25) is 0 Å². The number of carbonyl (C=O) groups is 2. The van der Waals surface area contributed by atoms with Gasteiger partial charge in [0.15, 0.2) is 5.78 Å². The number of primary amides is 1. The van der Waals surface area contributed by atoms with Crippen molar-refractivity contribution in [2.24, 2.45) is 11.5 Å². The summed E-state index contributed by atoms with van der Waals surface area (Å²) in [6.45, 7) is 21.3. The van der Waals surface area contributed by atoms with Gasteiger partial charge in [0.25, 0.3) is 0 Å². The highest BCUT2D eigenvalue weighted by Gasteiger charge is 2.25. The van der Waals surface area contributed by atoms with Crippen molar-refractivity contribution in [2.45, 2.75) is 128 Å². The number of nitrogen functional groups attached to an aromatic ring is 1. The van der Waals surface area contributed by atoms with E-state index in [4.69, 9.17) is 11.1 Å². The summed E-state index contributed by atoms with van der Waals surface area (Å²) < 4.78 is 0. The molecule has 7 heteroatoms. The number of rotatable bonds is 11. The van der Waals surface area contributed by atoms with Crippen LogP contribution in [0.1, 0.15) is 137 Å². The van der Waals surface area contributed by atoms with Crippen molar-refractivity contribution in [1.29, 1.82) is 5.41 Å². The number of fused-ring (bicyclic) bond motifs is 2. The number of aryl methyl sites for hydroxylation is 1. The van der Waals surface area contributed by atoms with E-state index in [-0.39, 0.29) is 17.4 Å². The molecule has 0 saturated carbocycles. The fourth-order valence-electron chi connectivity index (χ4n) is 6.74. The van der Waals surface area contributed by atoms with Crippen LogP contribution >= 0.6 is 0 Å². The maximum Gasteiger partial charge on any atom is 0.214 e.